The monoisotopic (exact) mass is 298 g/mol. The van der Waals surface area contributed by atoms with Gasteiger partial charge in [0.2, 0.25) is 0 Å². The predicted octanol–water partition coefficient (Wildman–Crippen LogP) is 3.09. The molecule has 118 valence electrons. The summed E-state index contributed by atoms with van der Waals surface area (Å²) in [5, 5.41) is 12.8. The molecule has 3 heteroatoms. The first-order valence-electron chi connectivity index (χ1n) is 7.74. The molecule has 0 fully saturated rings. The zero-order chi connectivity index (χ0) is 15.9. The first-order valence-corrected chi connectivity index (χ1v) is 7.74. The fourth-order valence-electron chi connectivity index (χ4n) is 2.48. The number of hydrogen-bond acceptors (Lipinski definition) is 3. The predicted molar refractivity (Wildman–Crippen MR) is 91.5 cm³/mol. The van der Waals surface area contributed by atoms with E-state index in [1.165, 1.54) is 16.7 Å². The second kappa shape index (κ2) is 8.08. The first-order chi connectivity index (χ1) is 10.6. The van der Waals surface area contributed by atoms with Gasteiger partial charge in [-0.05, 0) is 43.3 Å². The zero-order valence-corrected chi connectivity index (χ0v) is 13.7. The Kier molecular flexibility index (Phi) is 6.13. The molecule has 0 spiro atoms. The van der Waals surface area contributed by atoms with E-state index < -0.39 is 0 Å². The fraction of sp³-hybridized carbons (Fsp3) is 0.368. The Hall–Kier alpha value is -1.68. The van der Waals surface area contributed by atoms with Crippen LogP contribution in [0.1, 0.15) is 35.2 Å². The van der Waals surface area contributed by atoms with Crippen LogP contribution < -0.4 is 5.32 Å². The lowest BCUT2D eigenvalue weighted by molar-refractivity contribution is 0.281. The van der Waals surface area contributed by atoms with E-state index in [1.807, 2.05) is 12.1 Å². The number of nitrogens with zero attached hydrogens (tertiary/aromatic N) is 1. The molecule has 0 aliphatic heterocycles. The van der Waals surface area contributed by atoms with Crippen molar-refractivity contribution in [1.82, 2.24) is 10.2 Å². The van der Waals surface area contributed by atoms with Crippen LogP contribution in [0.25, 0.3) is 0 Å². The van der Waals surface area contributed by atoms with Crippen LogP contribution in [0.15, 0.2) is 48.5 Å². The Labute approximate surface area is 133 Å². The van der Waals surface area contributed by atoms with Gasteiger partial charge in [-0.25, -0.2) is 0 Å². The summed E-state index contributed by atoms with van der Waals surface area (Å²) in [6.07, 6.45) is 0. The van der Waals surface area contributed by atoms with Gasteiger partial charge in [0.25, 0.3) is 0 Å². The number of nitrogens with one attached hydrogen (secondary N) is 1. The normalized spacial score (nSPS) is 12.6. The van der Waals surface area contributed by atoms with Crippen LogP contribution in [0.3, 0.4) is 0 Å². The molecule has 1 unspecified atom stereocenters. The molecule has 0 aliphatic carbocycles. The van der Waals surface area contributed by atoms with Crippen LogP contribution in [-0.2, 0) is 19.7 Å². The number of aliphatic hydroxyl groups excluding tert-OH is 1. The van der Waals surface area contributed by atoms with Crippen LogP contribution in [0.5, 0.6) is 0 Å². The molecule has 3 nitrogen and oxygen atoms in total. The molecule has 22 heavy (non-hydrogen) atoms. The van der Waals surface area contributed by atoms with Crippen molar-refractivity contribution in [2.75, 3.05) is 14.1 Å². The molecule has 2 N–H and O–H groups in total. The summed E-state index contributed by atoms with van der Waals surface area (Å²) < 4.78 is 0. The van der Waals surface area contributed by atoms with Gasteiger partial charge in [0.05, 0.1) is 6.61 Å². The number of rotatable bonds is 7. The van der Waals surface area contributed by atoms with Gasteiger partial charge in [-0.2, -0.15) is 0 Å². The van der Waals surface area contributed by atoms with Gasteiger partial charge in [-0.1, -0.05) is 48.5 Å². The Balaban J connectivity index is 1.91. The zero-order valence-electron chi connectivity index (χ0n) is 13.7. The quantitative estimate of drug-likeness (QED) is 0.824. The summed E-state index contributed by atoms with van der Waals surface area (Å²) in [6, 6.07) is 17.1. The van der Waals surface area contributed by atoms with Gasteiger partial charge in [-0.15, -0.1) is 0 Å². The molecule has 1 atom stereocenters. The lowest BCUT2D eigenvalue weighted by Crippen LogP contribution is -2.18. The van der Waals surface area contributed by atoms with Gasteiger partial charge in [0, 0.05) is 19.1 Å². The van der Waals surface area contributed by atoms with E-state index in [4.69, 9.17) is 0 Å². The van der Waals surface area contributed by atoms with E-state index in [-0.39, 0.29) is 12.6 Å². The van der Waals surface area contributed by atoms with Crippen molar-refractivity contribution in [3.8, 4) is 0 Å². The first kappa shape index (κ1) is 16.7. The summed E-state index contributed by atoms with van der Waals surface area (Å²) in [5.41, 5.74) is 4.78. The Morgan fingerprint density at radius 1 is 1.00 bits per heavy atom. The molecular formula is C19H26N2O. The second-order valence-electron chi connectivity index (χ2n) is 6.06. The van der Waals surface area contributed by atoms with E-state index in [0.717, 1.165) is 18.7 Å². The van der Waals surface area contributed by atoms with Crippen LogP contribution in [0.2, 0.25) is 0 Å². The molecule has 0 bridgehead atoms. The van der Waals surface area contributed by atoms with Crippen LogP contribution in [-0.4, -0.2) is 24.1 Å². The SMILES string of the molecule is CC(NCc1ccc(CN(C)C)cc1)c1cccc(CO)c1. The minimum Gasteiger partial charge on any atom is -0.392 e. The van der Waals surface area contributed by atoms with Gasteiger partial charge in [-0.3, -0.25) is 0 Å². The van der Waals surface area contributed by atoms with Crippen molar-refractivity contribution in [2.24, 2.45) is 0 Å². The van der Waals surface area contributed by atoms with E-state index in [9.17, 15) is 5.11 Å². The third kappa shape index (κ3) is 4.95. The van der Waals surface area contributed by atoms with Crippen molar-refractivity contribution >= 4 is 0 Å². The highest BCUT2D eigenvalue weighted by Crippen LogP contribution is 2.15. The van der Waals surface area contributed by atoms with E-state index in [1.54, 1.807) is 0 Å². The highest BCUT2D eigenvalue weighted by molar-refractivity contribution is 5.26. The van der Waals surface area contributed by atoms with Crippen molar-refractivity contribution in [2.45, 2.75) is 32.7 Å². The Morgan fingerprint density at radius 2 is 1.68 bits per heavy atom. The van der Waals surface area contributed by atoms with E-state index in [2.05, 4.69) is 67.6 Å². The van der Waals surface area contributed by atoms with Crippen molar-refractivity contribution in [3.05, 3.63) is 70.8 Å². The minimum atomic E-state index is 0.0912. The van der Waals surface area contributed by atoms with Gasteiger partial charge in [0.15, 0.2) is 0 Å². The summed E-state index contributed by atoms with van der Waals surface area (Å²) in [4.78, 5) is 2.17. The third-order valence-electron chi connectivity index (χ3n) is 3.77. The number of hydrogen-bond donors (Lipinski definition) is 2. The molecule has 0 aliphatic rings. The van der Waals surface area contributed by atoms with E-state index in [0.29, 0.717) is 0 Å². The standard InChI is InChI=1S/C19H26N2O/c1-15(19-6-4-5-18(11-19)14-22)20-12-16-7-9-17(10-8-16)13-21(2)3/h4-11,15,20,22H,12-14H2,1-3H3. The average molecular weight is 298 g/mol. The largest absolute Gasteiger partial charge is 0.392 e. The van der Waals surface area contributed by atoms with Crippen molar-refractivity contribution < 1.29 is 5.11 Å². The summed E-state index contributed by atoms with van der Waals surface area (Å²) in [7, 11) is 4.16. The lowest BCUT2D eigenvalue weighted by atomic mass is 10.0. The number of aliphatic hydroxyl groups is 1. The second-order valence-corrected chi connectivity index (χ2v) is 6.06. The van der Waals surface area contributed by atoms with Crippen LogP contribution in [0, 0.1) is 0 Å². The maximum Gasteiger partial charge on any atom is 0.0681 e. The lowest BCUT2D eigenvalue weighted by Gasteiger charge is -2.16. The van der Waals surface area contributed by atoms with Gasteiger partial charge >= 0.3 is 0 Å². The molecule has 0 saturated heterocycles. The molecule has 2 aromatic rings. The minimum absolute atomic E-state index is 0.0912. The van der Waals surface area contributed by atoms with Gasteiger partial charge < -0.3 is 15.3 Å². The maximum atomic E-state index is 9.22. The van der Waals surface area contributed by atoms with E-state index >= 15 is 0 Å². The maximum absolute atomic E-state index is 9.22. The van der Waals surface area contributed by atoms with Gasteiger partial charge in [0.1, 0.15) is 0 Å². The molecule has 0 amide bonds. The summed E-state index contributed by atoms with van der Waals surface area (Å²) in [5.74, 6) is 0. The number of benzene rings is 2. The molecule has 0 aromatic heterocycles. The van der Waals surface area contributed by atoms with Crippen molar-refractivity contribution in [1.29, 1.82) is 0 Å². The fourth-order valence-corrected chi connectivity index (χ4v) is 2.48. The van der Waals surface area contributed by atoms with Crippen LogP contribution >= 0.6 is 0 Å². The molecule has 0 radical (unpaired) electrons. The summed E-state index contributed by atoms with van der Waals surface area (Å²) in [6.45, 7) is 4.05. The van der Waals surface area contributed by atoms with Crippen molar-refractivity contribution in [3.63, 3.8) is 0 Å². The average Bonchev–Trinajstić information content (AvgIpc) is 2.53. The smallest absolute Gasteiger partial charge is 0.0681 e. The highest BCUT2D eigenvalue weighted by Gasteiger charge is 2.05. The molecule has 0 saturated carbocycles. The topological polar surface area (TPSA) is 35.5 Å². The van der Waals surface area contributed by atoms with Crippen LogP contribution in [0.4, 0.5) is 0 Å². The Bertz CT molecular complexity index is 578. The molecular weight excluding hydrogens is 272 g/mol. The summed E-state index contributed by atoms with van der Waals surface area (Å²) >= 11 is 0. The Morgan fingerprint density at radius 3 is 2.32 bits per heavy atom. The molecule has 2 aromatic carbocycles. The third-order valence-corrected chi connectivity index (χ3v) is 3.77. The molecule has 2 rings (SSSR count). The highest BCUT2D eigenvalue weighted by atomic mass is 16.3. The molecule has 0 heterocycles.